The van der Waals surface area contributed by atoms with E-state index in [1.54, 1.807) is 30.7 Å². The molecule has 5 nitrogen and oxygen atoms in total. The minimum Gasteiger partial charge on any atom is -0.504 e. The molecule has 0 aliphatic rings. The lowest BCUT2D eigenvalue weighted by atomic mass is 10.3. The highest BCUT2D eigenvalue weighted by atomic mass is 16.3. The summed E-state index contributed by atoms with van der Waals surface area (Å²) in [7, 11) is 0. The number of aromatic hydroxyl groups is 1. The van der Waals surface area contributed by atoms with Gasteiger partial charge in [0.25, 0.3) is 0 Å². The van der Waals surface area contributed by atoms with Gasteiger partial charge in [0, 0.05) is 24.2 Å². The van der Waals surface area contributed by atoms with Gasteiger partial charge in [-0.25, -0.2) is 9.50 Å². The Bertz CT molecular complexity index is 633. The summed E-state index contributed by atoms with van der Waals surface area (Å²) in [5, 5.41) is 13.8. The van der Waals surface area contributed by atoms with E-state index in [0.29, 0.717) is 11.5 Å². The fourth-order valence-electron chi connectivity index (χ4n) is 1.51. The van der Waals surface area contributed by atoms with Gasteiger partial charge in [0.1, 0.15) is 0 Å². The predicted molar refractivity (Wildman–Crippen MR) is 57.9 cm³/mol. The summed E-state index contributed by atoms with van der Waals surface area (Å²) in [5.41, 5.74) is 1.27. The molecule has 5 heteroatoms. The van der Waals surface area contributed by atoms with Gasteiger partial charge in [0.15, 0.2) is 17.2 Å². The molecule has 78 valence electrons. The monoisotopic (exact) mass is 212 g/mol. The molecule has 3 aromatic rings. The van der Waals surface area contributed by atoms with Crippen LogP contribution in [0.4, 0.5) is 0 Å². The third kappa shape index (κ3) is 1.30. The lowest BCUT2D eigenvalue weighted by Gasteiger charge is -1.91. The van der Waals surface area contributed by atoms with Crippen LogP contribution in [0, 0.1) is 0 Å². The minimum absolute atomic E-state index is 0.116. The molecule has 0 spiro atoms. The van der Waals surface area contributed by atoms with Crippen molar-refractivity contribution in [3.05, 3.63) is 42.9 Å². The molecule has 0 radical (unpaired) electrons. The van der Waals surface area contributed by atoms with Gasteiger partial charge in [-0.3, -0.25) is 4.98 Å². The van der Waals surface area contributed by atoms with Gasteiger partial charge in [-0.2, -0.15) is 0 Å². The molecule has 0 amide bonds. The molecule has 0 bridgehead atoms. The van der Waals surface area contributed by atoms with E-state index < -0.39 is 0 Å². The van der Waals surface area contributed by atoms with Gasteiger partial charge in [-0.15, -0.1) is 5.10 Å². The molecule has 3 heterocycles. The molecule has 16 heavy (non-hydrogen) atoms. The maximum atomic E-state index is 9.59. The zero-order valence-electron chi connectivity index (χ0n) is 8.28. The van der Waals surface area contributed by atoms with E-state index in [2.05, 4.69) is 15.1 Å². The second-order valence-electron chi connectivity index (χ2n) is 3.34. The first-order valence-corrected chi connectivity index (χ1v) is 4.79. The van der Waals surface area contributed by atoms with Crippen molar-refractivity contribution in [1.82, 2.24) is 19.6 Å². The van der Waals surface area contributed by atoms with Gasteiger partial charge in [-0.1, -0.05) is 0 Å². The minimum atomic E-state index is 0.116. The molecule has 0 aliphatic carbocycles. The highest BCUT2D eigenvalue weighted by Gasteiger charge is 2.08. The van der Waals surface area contributed by atoms with Crippen LogP contribution in [-0.4, -0.2) is 24.7 Å². The first-order valence-electron chi connectivity index (χ1n) is 4.79. The first kappa shape index (κ1) is 8.84. The van der Waals surface area contributed by atoms with Crippen molar-refractivity contribution >= 4 is 5.65 Å². The van der Waals surface area contributed by atoms with Gasteiger partial charge in [0.2, 0.25) is 0 Å². The lowest BCUT2D eigenvalue weighted by molar-refractivity contribution is 0.477. The van der Waals surface area contributed by atoms with Crippen molar-refractivity contribution in [3.8, 4) is 17.1 Å². The number of fused-ring (bicyclic) bond motifs is 1. The number of hydrogen-bond donors (Lipinski definition) is 1. The average molecular weight is 212 g/mol. The predicted octanol–water partition coefficient (Wildman–Crippen LogP) is 1.50. The van der Waals surface area contributed by atoms with Crippen LogP contribution in [0.3, 0.4) is 0 Å². The summed E-state index contributed by atoms with van der Waals surface area (Å²) in [6, 6.07) is 6.99. The maximum Gasteiger partial charge on any atom is 0.198 e. The first-order chi connectivity index (χ1) is 7.84. The Hall–Kier alpha value is -2.43. The standard InChI is InChI=1S/C11H8N4O/c16-9-4-2-6-15-11(9)13-10(14-15)8-3-1-5-12-7-8/h1-7,16H. The van der Waals surface area contributed by atoms with Crippen LogP contribution >= 0.6 is 0 Å². The lowest BCUT2D eigenvalue weighted by Crippen LogP contribution is -1.85. The normalized spacial score (nSPS) is 10.8. The van der Waals surface area contributed by atoms with Crippen molar-refractivity contribution in [1.29, 1.82) is 0 Å². The second kappa shape index (κ2) is 3.30. The molecule has 0 atom stereocenters. The third-order valence-electron chi connectivity index (χ3n) is 2.26. The van der Waals surface area contributed by atoms with Gasteiger partial charge < -0.3 is 5.11 Å². The molecule has 0 fully saturated rings. The van der Waals surface area contributed by atoms with E-state index in [1.807, 2.05) is 12.1 Å². The Kier molecular flexibility index (Phi) is 1.83. The van der Waals surface area contributed by atoms with Crippen LogP contribution in [-0.2, 0) is 0 Å². The van der Waals surface area contributed by atoms with E-state index in [4.69, 9.17) is 0 Å². The van der Waals surface area contributed by atoms with Crippen molar-refractivity contribution in [2.75, 3.05) is 0 Å². The number of nitrogens with zero attached hydrogens (tertiary/aromatic N) is 4. The van der Waals surface area contributed by atoms with Gasteiger partial charge in [-0.05, 0) is 24.3 Å². The summed E-state index contributed by atoms with van der Waals surface area (Å²) < 4.78 is 1.54. The number of aromatic nitrogens is 4. The van der Waals surface area contributed by atoms with Gasteiger partial charge >= 0.3 is 0 Å². The van der Waals surface area contributed by atoms with E-state index >= 15 is 0 Å². The van der Waals surface area contributed by atoms with Crippen molar-refractivity contribution in [2.45, 2.75) is 0 Å². The topological polar surface area (TPSA) is 63.3 Å². The van der Waals surface area contributed by atoms with E-state index in [9.17, 15) is 5.11 Å². The van der Waals surface area contributed by atoms with Crippen LogP contribution < -0.4 is 0 Å². The van der Waals surface area contributed by atoms with Crippen LogP contribution in [0.5, 0.6) is 5.75 Å². The molecule has 0 saturated carbocycles. The smallest absolute Gasteiger partial charge is 0.198 e. The van der Waals surface area contributed by atoms with Crippen LogP contribution in [0.25, 0.3) is 17.0 Å². The second-order valence-corrected chi connectivity index (χ2v) is 3.34. The summed E-state index contributed by atoms with van der Waals surface area (Å²) in [5.74, 6) is 0.666. The highest BCUT2D eigenvalue weighted by molar-refractivity contribution is 5.60. The van der Waals surface area contributed by atoms with Crippen molar-refractivity contribution in [3.63, 3.8) is 0 Å². The average Bonchev–Trinajstić information content (AvgIpc) is 2.76. The largest absolute Gasteiger partial charge is 0.504 e. The Morgan fingerprint density at radius 1 is 1.19 bits per heavy atom. The van der Waals surface area contributed by atoms with Crippen LogP contribution in [0.2, 0.25) is 0 Å². The molecular weight excluding hydrogens is 204 g/mol. The van der Waals surface area contributed by atoms with E-state index in [-0.39, 0.29) is 5.75 Å². The molecule has 1 N–H and O–H groups in total. The van der Waals surface area contributed by atoms with E-state index in [1.165, 1.54) is 4.52 Å². The molecule has 3 rings (SSSR count). The van der Waals surface area contributed by atoms with E-state index in [0.717, 1.165) is 5.56 Å². The number of pyridine rings is 2. The fraction of sp³-hybridized carbons (Fsp3) is 0. The molecule has 0 unspecified atom stereocenters. The molecule has 3 aromatic heterocycles. The Morgan fingerprint density at radius 2 is 2.12 bits per heavy atom. The Balaban J connectivity index is 2.23. The molecule has 0 aromatic carbocycles. The van der Waals surface area contributed by atoms with Crippen LogP contribution in [0.15, 0.2) is 42.9 Å². The summed E-state index contributed by atoms with van der Waals surface area (Å²) >= 11 is 0. The summed E-state index contributed by atoms with van der Waals surface area (Å²) in [6.45, 7) is 0. The van der Waals surface area contributed by atoms with Crippen LogP contribution in [0.1, 0.15) is 0 Å². The number of rotatable bonds is 1. The zero-order chi connectivity index (χ0) is 11.0. The zero-order valence-corrected chi connectivity index (χ0v) is 8.28. The fourth-order valence-corrected chi connectivity index (χ4v) is 1.51. The number of hydrogen-bond acceptors (Lipinski definition) is 4. The maximum absolute atomic E-state index is 9.59. The molecular formula is C11H8N4O. The SMILES string of the molecule is Oc1cccn2nc(-c3cccnc3)nc12. The van der Waals surface area contributed by atoms with Crippen molar-refractivity contribution < 1.29 is 5.11 Å². The third-order valence-corrected chi connectivity index (χ3v) is 2.26. The van der Waals surface area contributed by atoms with Gasteiger partial charge in [0.05, 0.1) is 0 Å². The Morgan fingerprint density at radius 3 is 2.88 bits per heavy atom. The summed E-state index contributed by atoms with van der Waals surface area (Å²) in [4.78, 5) is 8.25. The summed E-state index contributed by atoms with van der Waals surface area (Å²) in [6.07, 6.45) is 5.12. The quantitative estimate of drug-likeness (QED) is 0.663. The Labute approximate surface area is 91.0 Å². The molecule has 0 saturated heterocycles. The highest BCUT2D eigenvalue weighted by Crippen LogP contribution is 2.19. The molecule has 0 aliphatic heterocycles. The van der Waals surface area contributed by atoms with Crippen molar-refractivity contribution in [2.24, 2.45) is 0 Å².